The van der Waals surface area contributed by atoms with E-state index in [1.54, 1.807) is 17.0 Å². The Labute approximate surface area is 152 Å². The van der Waals surface area contributed by atoms with Gasteiger partial charge in [-0.2, -0.15) is 0 Å². The summed E-state index contributed by atoms with van der Waals surface area (Å²) in [5.41, 5.74) is -0.0154. The number of hydrogen-bond acceptors (Lipinski definition) is 4. The average Bonchev–Trinajstić information content (AvgIpc) is 2.54. The molecule has 0 aliphatic carbocycles. The Morgan fingerprint density at radius 3 is 2.42 bits per heavy atom. The Morgan fingerprint density at radius 2 is 1.85 bits per heavy atom. The van der Waals surface area contributed by atoms with Gasteiger partial charge in [-0.25, -0.2) is 14.4 Å². The normalized spacial score (nSPS) is 15.3. The highest BCUT2D eigenvalue weighted by Crippen LogP contribution is 2.16. The molecule has 1 aromatic rings. The first kappa shape index (κ1) is 19.6. The molecule has 1 heterocycles. The van der Waals surface area contributed by atoms with Crippen molar-refractivity contribution in [3.63, 3.8) is 0 Å². The van der Waals surface area contributed by atoms with Crippen molar-refractivity contribution < 1.29 is 24.2 Å². The Morgan fingerprint density at radius 1 is 1.19 bits per heavy atom. The third-order valence-electron chi connectivity index (χ3n) is 3.85. The molecule has 1 aliphatic heterocycles. The second kappa shape index (κ2) is 8.07. The molecule has 1 fully saturated rings. The van der Waals surface area contributed by atoms with Crippen LogP contribution in [0.15, 0.2) is 24.3 Å². The van der Waals surface area contributed by atoms with E-state index in [1.807, 2.05) is 20.8 Å². The summed E-state index contributed by atoms with van der Waals surface area (Å²) >= 11 is 0. The predicted octanol–water partition coefficient (Wildman–Crippen LogP) is 2.91. The molecule has 0 aromatic heterocycles. The summed E-state index contributed by atoms with van der Waals surface area (Å²) in [6.07, 6.45) is 0.912. The number of anilines is 1. The van der Waals surface area contributed by atoms with Gasteiger partial charge in [-0.1, -0.05) is 6.07 Å². The van der Waals surface area contributed by atoms with Gasteiger partial charge in [-0.15, -0.1) is 0 Å². The molecule has 1 aromatic carbocycles. The maximum absolute atomic E-state index is 12.1. The molecule has 0 atom stereocenters. The number of nitrogens with zero attached hydrogens (tertiary/aromatic N) is 1. The second-order valence-corrected chi connectivity index (χ2v) is 7.23. The zero-order chi connectivity index (χ0) is 19.3. The van der Waals surface area contributed by atoms with Gasteiger partial charge in [0.05, 0.1) is 5.56 Å². The van der Waals surface area contributed by atoms with E-state index in [0.29, 0.717) is 31.6 Å². The molecule has 0 bridgehead atoms. The summed E-state index contributed by atoms with van der Waals surface area (Å²) in [6, 6.07) is 5.58. The molecule has 8 nitrogen and oxygen atoms in total. The molecule has 0 spiro atoms. The van der Waals surface area contributed by atoms with E-state index in [2.05, 4.69) is 10.6 Å². The lowest BCUT2D eigenvalue weighted by Gasteiger charge is -2.33. The summed E-state index contributed by atoms with van der Waals surface area (Å²) in [7, 11) is 0. The standard InChI is InChI=1S/C18H25N3O5/c1-18(2,3)26-17(25)21-9-7-13(8-10-21)19-16(24)20-14-6-4-5-12(11-14)15(22)23/h4-6,11,13H,7-10H2,1-3H3,(H,22,23)(H2,19,20,24). The molecule has 3 N–H and O–H groups in total. The molecule has 2 rings (SSSR count). The molecule has 3 amide bonds. The maximum Gasteiger partial charge on any atom is 0.410 e. The van der Waals surface area contributed by atoms with Crippen molar-refractivity contribution in [2.24, 2.45) is 0 Å². The Bertz CT molecular complexity index is 676. The summed E-state index contributed by atoms with van der Waals surface area (Å²) in [4.78, 5) is 36.7. The van der Waals surface area contributed by atoms with Gasteiger partial charge in [-0.3, -0.25) is 0 Å². The Balaban J connectivity index is 1.80. The number of hydrogen-bond donors (Lipinski definition) is 3. The minimum atomic E-state index is -1.05. The number of carbonyl (C=O) groups is 3. The molecule has 142 valence electrons. The van der Waals surface area contributed by atoms with Crippen LogP contribution in [-0.2, 0) is 4.74 Å². The molecular formula is C18H25N3O5. The van der Waals surface area contributed by atoms with E-state index in [4.69, 9.17) is 9.84 Å². The molecule has 0 unspecified atom stereocenters. The summed E-state index contributed by atoms with van der Waals surface area (Å²) < 4.78 is 5.34. The number of nitrogens with one attached hydrogen (secondary N) is 2. The van der Waals surface area contributed by atoms with Gasteiger partial charge in [0.1, 0.15) is 5.60 Å². The van der Waals surface area contributed by atoms with Gasteiger partial charge in [0.25, 0.3) is 0 Å². The van der Waals surface area contributed by atoms with Gasteiger partial charge in [0.15, 0.2) is 0 Å². The Hall–Kier alpha value is -2.77. The number of likely N-dealkylation sites (tertiary alicyclic amines) is 1. The minimum Gasteiger partial charge on any atom is -0.478 e. The third kappa shape index (κ3) is 5.94. The highest BCUT2D eigenvalue weighted by Gasteiger charge is 2.27. The zero-order valence-electron chi connectivity index (χ0n) is 15.2. The quantitative estimate of drug-likeness (QED) is 0.765. The summed E-state index contributed by atoms with van der Waals surface area (Å²) in [5.74, 6) is -1.05. The van der Waals surface area contributed by atoms with E-state index in [-0.39, 0.29) is 17.7 Å². The molecule has 26 heavy (non-hydrogen) atoms. The number of benzene rings is 1. The molecular weight excluding hydrogens is 338 g/mol. The van der Waals surface area contributed by atoms with Crippen LogP contribution in [0.5, 0.6) is 0 Å². The molecule has 0 saturated carbocycles. The van der Waals surface area contributed by atoms with Crippen LogP contribution in [0.4, 0.5) is 15.3 Å². The number of ether oxygens (including phenoxy) is 1. The van der Waals surface area contributed by atoms with Crippen LogP contribution in [0.3, 0.4) is 0 Å². The fourth-order valence-corrected chi connectivity index (χ4v) is 2.62. The lowest BCUT2D eigenvalue weighted by molar-refractivity contribution is 0.0201. The number of carbonyl (C=O) groups excluding carboxylic acids is 2. The van der Waals surface area contributed by atoms with Crippen LogP contribution in [0.1, 0.15) is 44.0 Å². The SMILES string of the molecule is CC(C)(C)OC(=O)N1CCC(NC(=O)Nc2cccc(C(=O)O)c2)CC1. The van der Waals surface area contributed by atoms with Crippen molar-refractivity contribution in [1.29, 1.82) is 0 Å². The lowest BCUT2D eigenvalue weighted by Crippen LogP contribution is -2.48. The van der Waals surface area contributed by atoms with Gasteiger partial charge in [0.2, 0.25) is 0 Å². The zero-order valence-corrected chi connectivity index (χ0v) is 15.2. The highest BCUT2D eigenvalue weighted by atomic mass is 16.6. The highest BCUT2D eigenvalue weighted by molar-refractivity contribution is 5.93. The second-order valence-electron chi connectivity index (χ2n) is 7.23. The first-order chi connectivity index (χ1) is 12.1. The van der Waals surface area contributed by atoms with Crippen molar-refractivity contribution in [1.82, 2.24) is 10.2 Å². The van der Waals surface area contributed by atoms with E-state index in [9.17, 15) is 14.4 Å². The van der Waals surface area contributed by atoms with Gasteiger partial charge >= 0.3 is 18.1 Å². The number of carboxylic acids is 1. The number of urea groups is 1. The van der Waals surface area contributed by atoms with Crippen molar-refractivity contribution in [3.8, 4) is 0 Å². The monoisotopic (exact) mass is 363 g/mol. The molecule has 0 radical (unpaired) electrons. The van der Waals surface area contributed by atoms with Crippen LogP contribution in [0.2, 0.25) is 0 Å². The van der Waals surface area contributed by atoms with Crippen LogP contribution in [0, 0.1) is 0 Å². The van der Waals surface area contributed by atoms with Crippen molar-refractivity contribution in [2.45, 2.75) is 45.3 Å². The summed E-state index contributed by atoms with van der Waals surface area (Å²) in [5, 5.41) is 14.5. The van der Waals surface area contributed by atoms with Crippen molar-refractivity contribution in [2.75, 3.05) is 18.4 Å². The van der Waals surface area contributed by atoms with Crippen LogP contribution < -0.4 is 10.6 Å². The van der Waals surface area contributed by atoms with Crippen LogP contribution >= 0.6 is 0 Å². The first-order valence-electron chi connectivity index (χ1n) is 8.53. The first-order valence-corrected chi connectivity index (χ1v) is 8.53. The number of aromatic carboxylic acids is 1. The summed E-state index contributed by atoms with van der Waals surface area (Å²) in [6.45, 7) is 6.48. The molecule has 1 saturated heterocycles. The number of rotatable bonds is 3. The topological polar surface area (TPSA) is 108 Å². The van der Waals surface area contributed by atoms with Gasteiger partial charge < -0.3 is 25.4 Å². The maximum atomic E-state index is 12.1. The lowest BCUT2D eigenvalue weighted by atomic mass is 10.1. The third-order valence-corrected chi connectivity index (χ3v) is 3.85. The fourth-order valence-electron chi connectivity index (χ4n) is 2.62. The average molecular weight is 363 g/mol. The smallest absolute Gasteiger partial charge is 0.410 e. The number of piperidine rings is 1. The van der Waals surface area contributed by atoms with E-state index >= 15 is 0 Å². The van der Waals surface area contributed by atoms with Crippen molar-refractivity contribution >= 4 is 23.8 Å². The number of carboxylic acid groups (broad SMARTS) is 1. The van der Waals surface area contributed by atoms with E-state index < -0.39 is 17.6 Å². The molecule has 1 aliphatic rings. The van der Waals surface area contributed by atoms with Gasteiger partial charge in [-0.05, 0) is 51.8 Å². The van der Waals surface area contributed by atoms with E-state index in [0.717, 1.165) is 0 Å². The van der Waals surface area contributed by atoms with Gasteiger partial charge in [0, 0.05) is 24.8 Å². The number of amides is 3. The minimum absolute atomic E-state index is 0.0589. The largest absolute Gasteiger partial charge is 0.478 e. The molecule has 8 heteroatoms. The van der Waals surface area contributed by atoms with Crippen LogP contribution in [-0.4, -0.2) is 52.8 Å². The predicted molar refractivity (Wildman–Crippen MR) is 96.4 cm³/mol. The van der Waals surface area contributed by atoms with Crippen molar-refractivity contribution in [3.05, 3.63) is 29.8 Å². The fraction of sp³-hybridized carbons (Fsp3) is 0.500. The van der Waals surface area contributed by atoms with Crippen LogP contribution in [0.25, 0.3) is 0 Å². The Kier molecular flexibility index (Phi) is 6.07. The van der Waals surface area contributed by atoms with E-state index in [1.165, 1.54) is 12.1 Å².